The maximum Gasteiger partial charge on any atom is 0.0991 e. The molecule has 0 heterocycles. The van der Waals surface area contributed by atoms with Crippen LogP contribution in [-0.2, 0) is 6.42 Å². The minimum atomic E-state index is 0.684. The summed E-state index contributed by atoms with van der Waals surface area (Å²) >= 11 is 0. The lowest BCUT2D eigenvalue weighted by Gasteiger charge is -2.29. The highest BCUT2D eigenvalue weighted by Crippen LogP contribution is 2.39. The number of hydrogen-bond donors (Lipinski definition) is 0. The Labute approximate surface area is 259 Å². The standard InChI is InChI=1S/C42H45N/c1-2-3-31-6-14-35(15-7-31)39-22-24-40(25-23-39)36-16-8-32(9-17-36)4-5-33-10-18-37(19-11-33)41-26-28-42(29-27-41)38-20-12-34(30-43)13-21-38/h2,8-9,12-13,16-17,20-29,31,33,35,37H,1,3-7,10-11,14-15,18-19H2. The van der Waals surface area contributed by atoms with Gasteiger partial charge in [0.05, 0.1) is 11.6 Å². The summed E-state index contributed by atoms with van der Waals surface area (Å²) in [4.78, 5) is 0. The van der Waals surface area contributed by atoms with Crippen LogP contribution in [0.25, 0.3) is 22.3 Å². The van der Waals surface area contributed by atoms with E-state index in [0.717, 1.165) is 17.8 Å². The second-order valence-electron chi connectivity index (χ2n) is 13.1. The molecule has 0 N–H and O–H groups in total. The van der Waals surface area contributed by atoms with Crippen LogP contribution in [0.15, 0.2) is 110 Å². The van der Waals surface area contributed by atoms with E-state index in [0.29, 0.717) is 11.5 Å². The molecule has 0 bridgehead atoms. The molecule has 0 amide bonds. The summed E-state index contributed by atoms with van der Waals surface area (Å²) < 4.78 is 0. The molecule has 43 heavy (non-hydrogen) atoms. The average molecular weight is 564 g/mol. The molecule has 2 aliphatic carbocycles. The maximum absolute atomic E-state index is 9.04. The van der Waals surface area contributed by atoms with Crippen molar-refractivity contribution >= 4 is 0 Å². The highest BCUT2D eigenvalue weighted by molar-refractivity contribution is 5.65. The normalized spacial score (nSPS) is 22.0. The zero-order valence-corrected chi connectivity index (χ0v) is 25.6. The first-order valence-corrected chi connectivity index (χ1v) is 16.6. The molecule has 1 nitrogen and oxygen atoms in total. The first-order valence-electron chi connectivity index (χ1n) is 16.6. The lowest BCUT2D eigenvalue weighted by Crippen LogP contribution is -2.14. The van der Waals surface area contributed by atoms with Gasteiger partial charge in [-0.2, -0.15) is 5.26 Å². The van der Waals surface area contributed by atoms with Gasteiger partial charge < -0.3 is 0 Å². The fourth-order valence-corrected chi connectivity index (χ4v) is 7.62. The topological polar surface area (TPSA) is 23.8 Å². The van der Waals surface area contributed by atoms with Gasteiger partial charge >= 0.3 is 0 Å². The Morgan fingerprint density at radius 1 is 0.558 bits per heavy atom. The fourth-order valence-electron chi connectivity index (χ4n) is 7.62. The molecule has 0 aromatic heterocycles. The lowest BCUT2D eigenvalue weighted by atomic mass is 9.76. The molecular weight excluding hydrogens is 518 g/mol. The molecule has 4 aromatic carbocycles. The van der Waals surface area contributed by atoms with E-state index in [9.17, 15) is 0 Å². The molecule has 0 aliphatic heterocycles. The Hall–Kier alpha value is -3.89. The third kappa shape index (κ3) is 7.37. The molecule has 0 atom stereocenters. The van der Waals surface area contributed by atoms with E-state index in [1.165, 1.54) is 110 Å². The summed E-state index contributed by atoms with van der Waals surface area (Å²) in [6, 6.07) is 38.0. The summed E-state index contributed by atoms with van der Waals surface area (Å²) in [7, 11) is 0. The molecule has 2 aliphatic rings. The van der Waals surface area contributed by atoms with Crippen LogP contribution in [0.3, 0.4) is 0 Å². The molecule has 218 valence electrons. The fraction of sp³-hybridized carbons (Fsp3) is 0.357. The van der Waals surface area contributed by atoms with Crippen molar-refractivity contribution < 1.29 is 0 Å². The van der Waals surface area contributed by atoms with Crippen molar-refractivity contribution in [3.05, 3.63) is 132 Å². The molecule has 0 radical (unpaired) electrons. The predicted molar refractivity (Wildman–Crippen MR) is 181 cm³/mol. The van der Waals surface area contributed by atoms with Crippen molar-refractivity contribution in [2.45, 2.75) is 82.5 Å². The molecule has 1 heteroatoms. The third-order valence-electron chi connectivity index (χ3n) is 10.4. The van der Waals surface area contributed by atoms with Gasteiger partial charge in [-0.25, -0.2) is 0 Å². The monoisotopic (exact) mass is 563 g/mol. The van der Waals surface area contributed by atoms with Crippen LogP contribution in [0.1, 0.15) is 98.3 Å². The average Bonchev–Trinajstić information content (AvgIpc) is 3.09. The van der Waals surface area contributed by atoms with Crippen molar-refractivity contribution in [3.8, 4) is 28.3 Å². The quantitative estimate of drug-likeness (QED) is 0.186. The van der Waals surface area contributed by atoms with E-state index in [4.69, 9.17) is 5.26 Å². The van der Waals surface area contributed by atoms with Crippen LogP contribution >= 0.6 is 0 Å². The number of aryl methyl sites for hydroxylation is 1. The molecule has 6 rings (SSSR count). The van der Waals surface area contributed by atoms with Crippen LogP contribution in [-0.4, -0.2) is 0 Å². The summed E-state index contributed by atoms with van der Waals surface area (Å²) in [5.74, 6) is 3.11. The maximum atomic E-state index is 9.04. The van der Waals surface area contributed by atoms with E-state index >= 15 is 0 Å². The zero-order chi connectivity index (χ0) is 29.4. The van der Waals surface area contributed by atoms with E-state index in [2.05, 4.69) is 91.5 Å². The number of benzene rings is 4. The van der Waals surface area contributed by atoms with Gasteiger partial charge in [0.2, 0.25) is 0 Å². The second kappa shape index (κ2) is 14.1. The molecular formula is C42H45N. The highest BCUT2D eigenvalue weighted by atomic mass is 14.3. The number of hydrogen-bond acceptors (Lipinski definition) is 1. The van der Waals surface area contributed by atoms with Gasteiger partial charge in [0, 0.05) is 0 Å². The van der Waals surface area contributed by atoms with Crippen molar-refractivity contribution in [1.82, 2.24) is 0 Å². The molecule has 0 unspecified atom stereocenters. The number of nitrogens with zero attached hydrogens (tertiary/aromatic N) is 1. The van der Waals surface area contributed by atoms with E-state index in [1.54, 1.807) is 0 Å². The molecule has 4 aromatic rings. The highest BCUT2D eigenvalue weighted by Gasteiger charge is 2.23. The van der Waals surface area contributed by atoms with Gasteiger partial charge in [0.25, 0.3) is 0 Å². The molecule has 2 fully saturated rings. The summed E-state index contributed by atoms with van der Waals surface area (Å²) in [6.45, 7) is 3.93. The van der Waals surface area contributed by atoms with Crippen molar-refractivity contribution in [3.63, 3.8) is 0 Å². The number of rotatable bonds is 9. The third-order valence-corrected chi connectivity index (χ3v) is 10.4. The predicted octanol–water partition coefficient (Wildman–Crippen LogP) is 11.6. The smallest absolute Gasteiger partial charge is 0.0991 e. The van der Waals surface area contributed by atoms with E-state index in [-0.39, 0.29) is 0 Å². The Morgan fingerprint density at radius 2 is 0.977 bits per heavy atom. The zero-order valence-electron chi connectivity index (χ0n) is 25.6. The first-order chi connectivity index (χ1) is 21.2. The van der Waals surface area contributed by atoms with Gasteiger partial charge in [-0.05, 0) is 145 Å². The van der Waals surface area contributed by atoms with Crippen LogP contribution < -0.4 is 0 Å². The molecule has 0 saturated heterocycles. The summed E-state index contributed by atoms with van der Waals surface area (Å²) in [5.41, 5.74) is 10.2. The van der Waals surface area contributed by atoms with Crippen LogP contribution in [0.4, 0.5) is 0 Å². The largest absolute Gasteiger partial charge is 0.192 e. The SMILES string of the molecule is C=CCC1CCC(c2ccc(-c3ccc(CCC4CCC(c5ccc(-c6ccc(C#N)cc6)cc5)CC4)cc3)cc2)CC1. The second-order valence-corrected chi connectivity index (χ2v) is 13.1. The molecule has 0 spiro atoms. The minimum Gasteiger partial charge on any atom is -0.192 e. The summed E-state index contributed by atoms with van der Waals surface area (Å²) in [6.07, 6.45) is 16.4. The Morgan fingerprint density at radius 3 is 1.42 bits per heavy atom. The van der Waals surface area contributed by atoms with Crippen molar-refractivity contribution in [1.29, 1.82) is 5.26 Å². The first kappa shape index (κ1) is 29.2. The van der Waals surface area contributed by atoms with Crippen LogP contribution in [0, 0.1) is 23.2 Å². The lowest BCUT2D eigenvalue weighted by molar-refractivity contribution is 0.310. The summed E-state index contributed by atoms with van der Waals surface area (Å²) in [5, 5.41) is 9.04. The van der Waals surface area contributed by atoms with Gasteiger partial charge in [0.1, 0.15) is 0 Å². The van der Waals surface area contributed by atoms with E-state index in [1.807, 2.05) is 24.3 Å². The van der Waals surface area contributed by atoms with Gasteiger partial charge in [-0.15, -0.1) is 6.58 Å². The number of allylic oxidation sites excluding steroid dienone is 1. The Bertz CT molecular complexity index is 1490. The molecule has 2 saturated carbocycles. The van der Waals surface area contributed by atoms with Gasteiger partial charge in [0.15, 0.2) is 0 Å². The minimum absolute atomic E-state index is 0.684. The Balaban J connectivity index is 0.952. The van der Waals surface area contributed by atoms with Crippen molar-refractivity contribution in [2.75, 3.05) is 0 Å². The van der Waals surface area contributed by atoms with Crippen LogP contribution in [0.5, 0.6) is 0 Å². The van der Waals surface area contributed by atoms with Gasteiger partial charge in [-0.1, -0.05) is 91.0 Å². The van der Waals surface area contributed by atoms with Crippen molar-refractivity contribution in [2.24, 2.45) is 11.8 Å². The Kier molecular flexibility index (Phi) is 9.54. The number of nitriles is 1. The van der Waals surface area contributed by atoms with Crippen LogP contribution in [0.2, 0.25) is 0 Å². The van der Waals surface area contributed by atoms with Gasteiger partial charge in [-0.3, -0.25) is 0 Å². The van der Waals surface area contributed by atoms with E-state index < -0.39 is 0 Å².